The van der Waals surface area contributed by atoms with Gasteiger partial charge in [0.2, 0.25) is 0 Å². The highest BCUT2D eigenvalue weighted by Crippen LogP contribution is 2.34. The standard InChI is InChI=1S/C22H22N6O3S3/c1-27-17-15(18-19(27)26-22(32-4)34-18)10-25-28(20(17)29)11-14-9-24-21(33-14)23-8-12-5-6-13(30-2)7-16(12)31-3/h5-7,9-10H,8,11H2,1-4H3,(H,23,24). The lowest BCUT2D eigenvalue weighted by Gasteiger charge is -2.10. The summed E-state index contributed by atoms with van der Waals surface area (Å²) in [6, 6.07) is 5.70. The smallest absolute Gasteiger partial charge is 0.291 e. The number of nitrogens with one attached hydrogen (secondary N) is 1. The number of aryl methyl sites for hydroxylation is 1. The fourth-order valence-corrected chi connectivity index (χ4v) is 6.14. The van der Waals surface area contributed by atoms with E-state index in [2.05, 4.69) is 20.4 Å². The summed E-state index contributed by atoms with van der Waals surface area (Å²) in [6.45, 7) is 0.900. The molecule has 4 heterocycles. The van der Waals surface area contributed by atoms with Crippen LogP contribution in [0.5, 0.6) is 11.5 Å². The zero-order valence-corrected chi connectivity index (χ0v) is 21.4. The molecule has 5 rings (SSSR count). The van der Waals surface area contributed by atoms with Crippen molar-refractivity contribution in [3.63, 3.8) is 0 Å². The number of rotatable bonds is 8. The maximum atomic E-state index is 13.2. The van der Waals surface area contributed by atoms with Crippen LogP contribution in [0.15, 0.2) is 39.7 Å². The van der Waals surface area contributed by atoms with Crippen molar-refractivity contribution in [2.45, 2.75) is 17.4 Å². The van der Waals surface area contributed by atoms with Gasteiger partial charge in [0.25, 0.3) is 5.56 Å². The van der Waals surface area contributed by atoms with Gasteiger partial charge in [-0.2, -0.15) is 5.10 Å². The van der Waals surface area contributed by atoms with Crippen LogP contribution in [0, 0.1) is 0 Å². The van der Waals surface area contributed by atoms with Crippen molar-refractivity contribution >= 4 is 60.8 Å². The van der Waals surface area contributed by atoms with Crippen molar-refractivity contribution in [2.75, 3.05) is 25.8 Å². The molecule has 0 aliphatic heterocycles. The number of methoxy groups -OCH3 is 2. The summed E-state index contributed by atoms with van der Waals surface area (Å²) >= 11 is 4.68. The van der Waals surface area contributed by atoms with E-state index in [1.807, 2.05) is 36.1 Å². The molecule has 1 N–H and O–H groups in total. The lowest BCUT2D eigenvalue weighted by atomic mass is 10.2. The number of benzene rings is 1. The number of thioether (sulfide) groups is 1. The number of ether oxygens (including phenoxy) is 2. The van der Waals surface area contributed by atoms with E-state index < -0.39 is 0 Å². The topological polar surface area (TPSA) is 96.1 Å². The molecule has 0 radical (unpaired) electrons. The quantitative estimate of drug-likeness (QED) is 0.308. The molecule has 34 heavy (non-hydrogen) atoms. The third-order valence-corrected chi connectivity index (χ3v) is 8.47. The lowest BCUT2D eigenvalue weighted by Crippen LogP contribution is -2.24. The summed E-state index contributed by atoms with van der Waals surface area (Å²) in [5.74, 6) is 1.49. The number of nitrogens with zero attached hydrogens (tertiary/aromatic N) is 5. The molecule has 0 saturated heterocycles. The van der Waals surface area contributed by atoms with Gasteiger partial charge in [-0.05, 0) is 18.4 Å². The Hall–Kier alpha value is -3.09. The summed E-state index contributed by atoms with van der Waals surface area (Å²) in [4.78, 5) is 23.2. The average Bonchev–Trinajstić information content (AvgIpc) is 3.55. The van der Waals surface area contributed by atoms with E-state index in [4.69, 9.17) is 9.47 Å². The Morgan fingerprint density at radius 1 is 1.18 bits per heavy atom. The van der Waals surface area contributed by atoms with Crippen LogP contribution >= 0.6 is 34.4 Å². The number of hydrogen-bond acceptors (Lipinski definition) is 10. The molecule has 0 bridgehead atoms. The number of anilines is 1. The van der Waals surface area contributed by atoms with Crippen molar-refractivity contribution in [1.29, 1.82) is 0 Å². The Labute approximate surface area is 207 Å². The molecule has 4 aromatic heterocycles. The molecule has 0 aliphatic carbocycles. The molecule has 0 saturated carbocycles. The molecule has 0 amide bonds. The Balaban J connectivity index is 1.35. The predicted molar refractivity (Wildman–Crippen MR) is 138 cm³/mol. The second kappa shape index (κ2) is 9.28. The van der Waals surface area contributed by atoms with Gasteiger partial charge in [-0.15, -0.1) is 22.7 Å². The first-order chi connectivity index (χ1) is 16.5. The van der Waals surface area contributed by atoms with Gasteiger partial charge >= 0.3 is 0 Å². The fourth-order valence-electron chi connectivity index (χ4n) is 3.75. The molecule has 1 aromatic carbocycles. The van der Waals surface area contributed by atoms with Gasteiger partial charge in [-0.1, -0.05) is 11.8 Å². The first kappa shape index (κ1) is 22.7. The predicted octanol–water partition coefficient (Wildman–Crippen LogP) is 4.20. The van der Waals surface area contributed by atoms with E-state index in [9.17, 15) is 4.79 Å². The second-order valence-corrected chi connectivity index (χ2v) is 10.6. The molecule has 12 heteroatoms. The van der Waals surface area contributed by atoms with Crippen molar-refractivity contribution in [3.05, 3.63) is 51.4 Å². The van der Waals surface area contributed by atoms with Gasteiger partial charge in [-0.25, -0.2) is 14.6 Å². The van der Waals surface area contributed by atoms with Crippen molar-refractivity contribution in [1.82, 2.24) is 24.3 Å². The summed E-state index contributed by atoms with van der Waals surface area (Å²) in [5.41, 5.74) is 2.29. The molecule has 0 aliphatic rings. The molecular weight excluding hydrogens is 492 g/mol. The van der Waals surface area contributed by atoms with E-state index >= 15 is 0 Å². The van der Waals surface area contributed by atoms with Gasteiger partial charge < -0.3 is 19.4 Å². The Morgan fingerprint density at radius 3 is 2.79 bits per heavy atom. The number of fused-ring (bicyclic) bond motifs is 3. The molecule has 0 unspecified atom stereocenters. The van der Waals surface area contributed by atoms with Crippen LogP contribution in [0.1, 0.15) is 10.4 Å². The fraction of sp³-hybridized carbons (Fsp3) is 0.273. The van der Waals surface area contributed by atoms with Gasteiger partial charge in [0.15, 0.2) is 15.1 Å². The highest BCUT2D eigenvalue weighted by molar-refractivity contribution is 8.00. The van der Waals surface area contributed by atoms with Crippen LogP contribution in [-0.2, 0) is 20.1 Å². The lowest BCUT2D eigenvalue weighted by molar-refractivity contribution is 0.391. The Morgan fingerprint density at radius 2 is 2.03 bits per heavy atom. The van der Waals surface area contributed by atoms with Gasteiger partial charge in [0.05, 0.1) is 31.7 Å². The Bertz CT molecular complexity index is 1550. The largest absolute Gasteiger partial charge is 0.497 e. The third-order valence-electron chi connectivity index (χ3n) is 5.46. The highest BCUT2D eigenvalue weighted by atomic mass is 32.2. The maximum absolute atomic E-state index is 13.2. The molecule has 0 fully saturated rings. The third kappa shape index (κ3) is 4.01. The zero-order valence-electron chi connectivity index (χ0n) is 19.0. The number of thiazole rings is 2. The minimum absolute atomic E-state index is 0.137. The molecule has 0 atom stereocenters. The van der Waals surface area contributed by atoms with E-state index in [1.54, 1.807) is 49.7 Å². The second-order valence-electron chi connectivity index (χ2n) is 7.43. The summed E-state index contributed by atoms with van der Waals surface area (Å²) in [7, 11) is 5.14. The van der Waals surface area contributed by atoms with Gasteiger partial charge in [0, 0.05) is 41.7 Å². The minimum atomic E-state index is -0.137. The molecule has 0 spiro atoms. The van der Waals surface area contributed by atoms with Crippen LogP contribution < -0.4 is 20.3 Å². The Kier molecular flexibility index (Phi) is 6.19. The van der Waals surface area contributed by atoms with E-state index in [0.717, 1.165) is 47.1 Å². The number of hydrogen-bond donors (Lipinski definition) is 1. The minimum Gasteiger partial charge on any atom is -0.497 e. The summed E-state index contributed by atoms with van der Waals surface area (Å²) in [6.07, 6.45) is 5.53. The molecule has 5 aromatic rings. The molecular formula is C22H22N6O3S3. The molecule has 176 valence electrons. The first-order valence-corrected chi connectivity index (χ1v) is 13.2. The number of aromatic nitrogens is 5. The summed E-state index contributed by atoms with van der Waals surface area (Å²) < 4.78 is 16.0. The van der Waals surface area contributed by atoms with Crippen LogP contribution in [0.3, 0.4) is 0 Å². The van der Waals surface area contributed by atoms with Crippen LogP contribution in [0.4, 0.5) is 5.13 Å². The van der Waals surface area contributed by atoms with Gasteiger partial charge in [-0.3, -0.25) is 4.79 Å². The van der Waals surface area contributed by atoms with Crippen LogP contribution in [0.25, 0.3) is 21.3 Å². The van der Waals surface area contributed by atoms with Crippen molar-refractivity contribution < 1.29 is 9.47 Å². The van der Waals surface area contributed by atoms with E-state index in [-0.39, 0.29) is 5.56 Å². The monoisotopic (exact) mass is 514 g/mol. The van der Waals surface area contributed by atoms with E-state index in [1.165, 1.54) is 16.0 Å². The van der Waals surface area contributed by atoms with Crippen LogP contribution in [0.2, 0.25) is 0 Å². The summed E-state index contributed by atoms with van der Waals surface area (Å²) in [5, 5.41) is 9.36. The normalized spacial score (nSPS) is 11.4. The first-order valence-electron chi connectivity index (χ1n) is 10.3. The zero-order chi connectivity index (χ0) is 23.8. The SMILES string of the molecule is COc1ccc(CNc2ncc(Cn3ncc4c5sc(SC)nc5n(C)c4c3=O)s2)c(OC)c1. The maximum Gasteiger partial charge on any atom is 0.291 e. The highest BCUT2D eigenvalue weighted by Gasteiger charge is 2.18. The average molecular weight is 515 g/mol. The van der Waals surface area contributed by atoms with E-state index in [0.29, 0.717) is 18.6 Å². The van der Waals surface area contributed by atoms with Gasteiger partial charge in [0.1, 0.15) is 17.0 Å². The van der Waals surface area contributed by atoms with Crippen LogP contribution in [-0.4, -0.2) is 44.8 Å². The molecule has 9 nitrogen and oxygen atoms in total. The van der Waals surface area contributed by atoms with Crippen molar-refractivity contribution in [3.8, 4) is 11.5 Å². The van der Waals surface area contributed by atoms with Crippen molar-refractivity contribution in [2.24, 2.45) is 7.05 Å².